The molecule has 0 aromatic heterocycles. The third-order valence-corrected chi connectivity index (χ3v) is 3.12. The second kappa shape index (κ2) is 8.28. The summed E-state index contributed by atoms with van der Waals surface area (Å²) in [4.78, 5) is 13.5. The highest BCUT2D eigenvalue weighted by molar-refractivity contribution is 5.76. The third-order valence-electron chi connectivity index (χ3n) is 3.12. The van der Waals surface area contributed by atoms with E-state index in [2.05, 4.69) is 5.32 Å². The van der Waals surface area contributed by atoms with Crippen LogP contribution < -0.4 is 5.32 Å². The molecule has 0 bridgehead atoms. The fraction of sp³-hybridized carbons (Fsp3) is 0.467. The highest BCUT2D eigenvalue weighted by Crippen LogP contribution is 2.09. The number of nitrogens with one attached hydrogen (secondary N) is 1. The molecule has 0 atom stereocenters. The van der Waals surface area contributed by atoms with Crippen LogP contribution in [-0.2, 0) is 11.3 Å². The molecule has 0 unspecified atom stereocenters. The quantitative estimate of drug-likeness (QED) is 0.776. The van der Waals surface area contributed by atoms with Crippen LogP contribution in [0.4, 0.5) is 4.39 Å². The summed E-state index contributed by atoms with van der Waals surface area (Å²) in [5.41, 5.74) is 0.877. The fourth-order valence-electron chi connectivity index (χ4n) is 1.93. The Hall–Kier alpha value is -1.93. The molecule has 4 nitrogen and oxygen atoms in total. The number of hydrogen-bond acceptors (Lipinski definition) is 3. The van der Waals surface area contributed by atoms with Gasteiger partial charge in [0.2, 0.25) is 5.91 Å². The SMILES string of the molecule is CCN(CC)C(=O)CCNCc1cc(C#N)ccc1F. The second-order valence-electron chi connectivity index (χ2n) is 4.41. The van der Waals surface area contributed by atoms with E-state index in [0.717, 1.165) is 0 Å². The van der Waals surface area contributed by atoms with Gasteiger partial charge in [0.05, 0.1) is 11.6 Å². The first kappa shape index (κ1) is 16.1. The van der Waals surface area contributed by atoms with Crippen molar-refractivity contribution in [3.05, 3.63) is 35.1 Å². The molecule has 1 amide bonds. The van der Waals surface area contributed by atoms with E-state index in [-0.39, 0.29) is 11.7 Å². The first-order chi connectivity index (χ1) is 9.62. The first-order valence-corrected chi connectivity index (χ1v) is 6.79. The van der Waals surface area contributed by atoms with Crippen molar-refractivity contribution in [1.82, 2.24) is 10.2 Å². The molecule has 0 spiro atoms. The summed E-state index contributed by atoms with van der Waals surface area (Å²) in [5.74, 6) is -0.250. The number of nitriles is 1. The van der Waals surface area contributed by atoms with Crippen molar-refractivity contribution in [2.45, 2.75) is 26.8 Å². The van der Waals surface area contributed by atoms with Gasteiger partial charge in [-0.05, 0) is 32.0 Å². The Morgan fingerprint density at radius 2 is 2.10 bits per heavy atom. The van der Waals surface area contributed by atoms with E-state index in [1.54, 1.807) is 4.90 Å². The zero-order valence-electron chi connectivity index (χ0n) is 11.9. The average Bonchev–Trinajstić information content (AvgIpc) is 2.46. The molecule has 20 heavy (non-hydrogen) atoms. The summed E-state index contributed by atoms with van der Waals surface area (Å²) in [6, 6.07) is 6.24. The molecule has 0 saturated carbocycles. The van der Waals surface area contributed by atoms with E-state index in [4.69, 9.17) is 5.26 Å². The number of carbonyl (C=O) groups is 1. The highest BCUT2D eigenvalue weighted by Gasteiger charge is 2.09. The van der Waals surface area contributed by atoms with Crippen LogP contribution in [0.1, 0.15) is 31.4 Å². The summed E-state index contributed by atoms with van der Waals surface area (Å²) < 4.78 is 13.5. The molecule has 0 aliphatic heterocycles. The normalized spacial score (nSPS) is 10.1. The van der Waals surface area contributed by atoms with Crippen molar-refractivity contribution in [1.29, 1.82) is 5.26 Å². The van der Waals surface area contributed by atoms with E-state index >= 15 is 0 Å². The molecule has 1 rings (SSSR count). The van der Waals surface area contributed by atoms with Crippen molar-refractivity contribution in [2.24, 2.45) is 0 Å². The van der Waals surface area contributed by atoms with Crippen LogP contribution in [0, 0.1) is 17.1 Å². The Kier molecular flexibility index (Phi) is 6.68. The maximum absolute atomic E-state index is 13.5. The minimum atomic E-state index is -0.341. The third kappa shape index (κ3) is 4.63. The predicted molar refractivity (Wildman–Crippen MR) is 75.4 cm³/mol. The zero-order valence-corrected chi connectivity index (χ0v) is 11.9. The number of carbonyl (C=O) groups excluding carboxylic acids is 1. The van der Waals surface area contributed by atoms with Crippen molar-refractivity contribution < 1.29 is 9.18 Å². The van der Waals surface area contributed by atoms with Gasteiger partial charge in [-0.15, -0.1) is 0 Å². The molecule has 0 heterocycles. The Morgan fingerprint density at radius 3 is 2.70 bits per heavy atom. The van der Waals surface area contributed by atoms with Gasteiger partial charge >= 0.3 is 0 Å². The molecule has 0 aliphatic carbocycles. The van der Waals surface area contributed by atoms with Crippen LogP contribution >= 0.6 is 0 Å². The Labute approximate surface area is 119 Å². The number of halogens is 1. The molecule has 1 N–H and O–H groups in total. The second-order valence-corrected chi connectivity index (χ2v) is 4.41. The lowest BCUT2D eigenvalue weighted by molar-refractivity contribution is -0.130. The van der Waals surface area contributed by atoms with Gasteiger partial charge in [0.1, 0.15) is 5.82 Å². The van der Waals surface area contributed by atoms with Crippen molar-refractivity contribution in [3.63, 3.8) is 0 Å². The lowest BCUT2D eigenvalue weighted by Gasteiger charge is -2.18. The van der Waals surface area contributed by atoms with Crippen molar-refractivity contribution in [3.8, 4) is 6.07 Å². The van der Waals surface area contributed by atoms with Crippen LogP contribution in [0.2, 0.25) is 0 Å². The topological polar surface area (TPSA) is 56.1 Å². The Bertz CT molecular complexity index is 492. The number of hydrogen-bond donors (Lipinski definition) is 1. The van der Waals surface area contributed by atoms with Gasteiger partial charge in [-0.1, -0.05) is 0 Å². The van der Waals surface area contributed by atoms with Gasteiger partial charge < -0.3 is 10.2 Å². The smallest absolute Gasteiger partial charge is 0.223 e. The van der Waals surface area contributed by atoms with Crippen molar-refractivity contribution >= 4 is 5.91 Å². The van der Waals surface area contributed by atoms with Gasteiger partial charge in [0.15, 0.2) is 0 Å². The van der Waals surface area contributed by atoms with E-state index in [1.807, 2.05) is 19.9 Å². The predicted octanol–water partition coefficient (Wildman–Crippen LogP) is 2.05. The van der Waals surface area contributed by atoms with Gasteiger partial charge in [-0.2, -0.15) is 5.26 Å². The van der Waals surface area contributed by atoms with Crippen LogP contribution in [0.5, 0.6) is 0 Å². The van der Waals surface area contributed by atoms with Crippen LogP contribution in [0.15, 0.2) is 18.2 Å². The van der Waals surface area contributed by atoms with E-state index in [1.165, 1.54) is 18.2 Å². The maximum Gasteiger partial charge on any atom is 0.223 e. The molecule has 108 valence electrons. The van der Waals surface area contributed by atoms with Gasteiger partial charge in [-0.25, -0.2) is 4.39 Å². The summed E-state index contributed by atoms with van der Waals surface area (Å²) in [6.45, 7) is 6.09. The maximum atomic E-state index is 13.5. The largest absolute Gasteiger partial charge is 0.343 e. The summed E-state index contributed by atoms with van der Waals surface area (Å²) in [7, 11) is 0. The van der Waals surface area contributed by atoms with E-state index in [9.17, 15) is 9.18 Å². The minimum absolute atomic E-state index is 0.0914. The summed E-state index contributed by atoms with van der Waals surface area (Å²) in [6.07, 6.45) is 0.390. The van der Waals surface area contributed by atoms with Crippen LogP contribution in [0.3, 0.4) is 0 Å². The Balaban J connectivity index is 2.42. The van der Waals surface area contributed by atoms with Gasteiger partial charge in [0.25, 0.3) is 0 Å². The van der Waals surface area contributed by atoms with Gasteiger partial charge in [-0.3, -0.25) is 4.79 Å². The number of rotatable bonds is 7. The molecular formula is C15H20FN3O. The minimum Gasteiger partial charge on any atom is -0.343 e. The summed E-state index contributed by atoms with van der Waals surface area (Å²) in [5, 5.41) is 11.8. The lowest BCUT2D eigenvalue weighted by Crippen LogP contribution is -2.32. The molecule has 1 aromatic carbocycles. The lowest BCUT2D eigenvalue weighted by atomic mass is 10.1. The fourth-order valence-corrected chi connectivity index (χ4v) is 1.93. The number of nitrogens with zero attached hydrogens (tertiary/aromatic N) is 2. The molecule has 5 heteroatoms. The van der Waals surface area contributed by atoms with Crippen LogP contribution in [0.25, 0.3) is 0 Å². The number of benzene rings is 1. The summed E-state index contributed by atoms with van der Waals surface area (Å²) >= 11 is 0. The Morgan fingerprint density at radius 1 is 1.40 bits per heavy atom. The molecule has 0 saturated heterocycles. The molecule has 1 aromatic rings. The molecule has 0 radical (unpaired) electrons. The zero-order chi connectivity index (χ0) is 15.0. The highest BCUT2D eigenvalue weighted by atomic mass is 19.1. The molecule has 0 aliphatic rings. The molecular weight excluding hydrogens is 257 g/mol. The standard InChI is InChI=1S/C15H20FN3O/c1-3-19(4-2)15(20)7-8-18-11-13-9-12(10-17)5-6-14(13)16/h5-6,9,18H,3-4,7-8,11H2,1-2H3. The monoisotopic (exact) mass is 277 g/mol. The number of amides is 1. The first-order valence-electron chi connectivity index (χ1n) is 6.79. The van der Waals surface area contributed by atoms with E-state index < -0.39 is 0 Å². The molecule has 0 fully saturated rings. The van der Waals surface area contributed by atoms with Crippen molar-refractivity contribution in [2.75, 3.05) is 19.6 Å². The van der Waals surface area contributed by atoms with Crippen LogP contribution in [-0.4, -0.2) is 30.4 Å². The van der Waals surface area contributed by atoms with E-state index in [0.29, 0.717) is 43.7 Å². The van der Waals surface area contributed by atoms with Gasteiger partial charge in [0, 0.05) is 38.2 Å². The average molecular weight is 277 g/mol.